The van der Waals surface area contributed by atoms with Crippen LogP contribution in [-0.2, 0) is 4.74 Å². The van der Waals surface area contributed by atoms with Crippen LogP contribution < -0.4 is 5.32 Å². The van der Waals surface area contributed by atoms with Crippen molar-refractivity contribution in [2.45, 2.75) is 51.6 Å². The molecule has 0 saturated carbocycles. The molecule has 2 heterocycles. The van der Waals surface area contributed by atoms with Gasteiger partial charge in [0.1, 0.15) is 0 Å². The van der Waals surface area contributed by atoms with E-state index in [0.29, 0.717) is 6.10 Å². The molecule has 0 amide bonds. The Labute approximate surface area is 93.8 Å². The molecule has 2 rings (SSSR count). The highest BCUT2D eigenvalue weighted by atomic mass is 16.5. The molecular formula is C13H25NO. The number of ether oxygens (including phenoxy) is 1. The lowest BCUT2D eigenvalue weighted by atomic mass is 9.88. The first kappa shape index (κ1) is 11.4. The summed E-state index contributed by atoms with van der Waals surface area (Å²) < 4.78 is 5.65. The average molecular weight is 211 g/mol. The van der Waals surface area contributed by atoms with Crippen molar-refractivity contribution in [3.05, 3.63) is 0 Å². The standard InChI is InChI=1S/C13H25NO/c1-11-8-12(10-14-9-11)4-2-5-13-6-3-7-15-13/h11-14H,2-10H2,1H3. The van der Waals surface area contributed by atoms with Gasteiger partial charge in [0.25, 0.3) is 0 Å². The zero-order valence-electron chi connectivity index (χ0n) is 10.0. The maximum Gasteiger partial charge on any atom is 0.0576 e. The van der Waals surface area contributed by atoms with Crippen LogP contribution in [0.3, 0.4) is 0 Å². The molecule has 0 radical (unpaired) electrons. The van der Waals surface area contributed by atoms with Gasteiger partial charge in [0.15, 0.2) is 0 Å². The lowest BCUT2D eigenvalue weighted by Gasteiger charge is -2.27. The Hall–Kier alpha value is -0.0800. The van der Waals surface area contributed by atoms with Crippen molar-refractivity contribution in [2.24, 2.45) is 11.8 Å². The highest BCUT2D eigenvalue weighted by molar-refractivity contribution is 4.74. The summed E-state index contributed by atoms with van der Waals surface area (Å²) in [6, 6.07) is 0. The van der Waals surface area contributed by atoms with Gasteiger partial charge in [0.05, 0.1) is 6.10 Å². The van der Waals surface area contributed by atoms with E-state index in [4.69, 9.17) is 4.74 Å². The number of nitrogens with one attached hydrogen (secondary N) is 1. The molecule has 2 fully saturated rings. The van der Waals surface area contributed by atoms with Gasteiger partial charge in [-0.05, 0) is 57.0 Å². The van der Waals surface area contributed by atoms with Gasteiger partial charge in [0.2, 0.25) is 0 Å². The van der Waals surface area contributed by atoms with Crippen molar-refractivity contribution < 1.29 is 4.74 Å². The molecule has 2 saturated heterocycles. The van der Waals surface area contributed by atoms with E-state index in [1.807, 2.05) is 0 Å². The summed E-state index contributed by atoms with van der Waals surface area (Å²) in [5, 5.41) is 3.53. The van der Waals surface area contributed by atoms with Crippen molar-refractivity contribution in [1.82, 2.24) is 5.32 Å². The molecule has 3 atom stereocenters. The van der Waals surface area contributed by atoms with Gasteiger partial charge in [-0.1, -0.05) is 13.3 Å². The van der Waals surface area contributed by atoms with E-state index in [9.17, 15) is 0 Å². The minimum atomic E-state index is 0.596. The maximum atomic E-state index is 5.65. The Balaban J connectivity index is 1.56. The first-order chi connectivity index (χ1) is 7.34. The number of hydrogen-bond donors (Lipinski definition) is 1. The summed E-state index contributed by atoms with van der Waals surface area (Å²) in [6.07, 6.45) is 8.68. The first-order valence-corrected chi connectivity index (χ1v) is 6.67. The molecule has 0 aromatic rings. The Morgan fingerprint density at radius 2 is 2.20 bits per heavy atom. The monoisotopic (exact) mass is 211 g/mol. The summed E-state index contributed by atoms with van der Waals surface area (Å²) >= 11 is 0. The average Bonchev–Trinajstić information content (AvgIpc) is 2.71. The lowest BCUT2D eigenvalue weighted by Crippen LogP contribution is -2.35. The van der Waals surface area contributed by atoms with Crippen LogP contribution in [0.4, 0.5) is 0 Å². The summed E-state index contributed by atoms with van der Waals surface area (Å²) in [7, 11) is 0. The first-order valence-electron chi connectivity index (χ1n) is 6.67. The predicted molar refractivity (Wildman–Crippen MR) is 63.0 cm³/mol. The molecule has 2 aliphatic heterocycles. The fourth-order valence-corrected chi connectivity index (χ4v) is 3.00. The second-order valence-electron chi connectivity index (χ2n) is 5.43. The third kappa shape index (κ3) is 3.76. The topological polar surface area (TPSA) is 21.3 Å². The largest absolute Gasteiger partial charge is 0.378 e. The van der Waals surface area contributed by atoms with Gasteiger partial charge in [-0.3, -0.25) is 0 Å². The summed E-state index contributed by atoms with van der Waals surface area (Å²) in [6.45, 7) is 5.84. The molecule has 3 unspecified atom stereocenters. The number of rotatable bonds is 4. The van der Waals surface area contributed by atoms with Crippen LogP contribution in [0.15, 0.2) is 0 Å². The van der Waals surface area contributed by atoms with Crippen molar-refractivity contribution in [3.63, 3.8) is 0 Å². The molecule has 0 aromatic heterocycles. The van der Waals surface area contributed by atoms with Crippen LogP contribution in [0.1, 0.15) is 45.4 Å². The van der Waals surface area contributed by atoms with Gasteiger partial charge in [-0.25, -0.2) is 0 Å². The molecule has 2 aliphatic rings. The van der Waals surface area contributed by atoms with Crippen molar-refractivity contribution in [2.75, 3.05) is 19.7 Å². The Bertz CT molecular complexity index is 177. The smallest absolute Gasteiger partial charge is 0.0576 e. The zero-order valence-corrected chi connectivity index (χ0v) is 10.0. The molecule has 0 aliphatic carbocycles. The summed E-state index contributed by atoms with van der Waals surface area (Å²) in [4.78, 5) is 0. The van der Waals surface area contributed by atoms with Gasteiger partial charge < -0.3 is 10.1 Å². The Morgan fingerprint density at radius 3 is 2.93 bits per heavy atom. The molecule has 15 heavy (non-hydrogen) atoms. The van der Waals surface area contributed by atoms with Crippen molar-refractivity contribution >= 4 is 0 Å². The van der Waals surface area contributed by atoms with Crippen LogP contribution in [0.25, 0.3) is 0 Å². The van der Waals surface area contributed by atoms with Crippen molar-refractivity contribution in [1.29, 1.82) is 0 Å². The van der Waals surface area contributed by atoms with Gasteiger partial charge in [-0.2, -0.15) is 0 Å². The number of hydrogen-bond acceptors (Lipinski definition) is 2. The fourth-order valence-electron chi connectivity index (χ4n) is 3.00. The zero-order chi connectivity index (χ0) is 10.5. The van der Waals surface area contributed by atoms with E-state index in [1.54, 1.807) is 0 Å². The van der Waals surface area contributed by atoms with E-state index in [0.717, 1.165) is 18.4 Å². The molecule has 2 nitrogen and oxygen atoms in total. The fraction of sp³-hybridized carbons (Fsp3) is 1.00. The van der Waals surface area contributed by atoms with Gasteiger partial charge in [-0.15, -0.1) is 0 Å². The summed E-state index contributed by atoms with van der Waals surface area (Å²) in [5.41, 5.74) is 0. The van der Waals surface area contributed by atoms with E-state index < -0.39 is 0 Å². The Morgan fingerprint density at radius 1 is 1.27 bits per heavy atom. The van der Waals surface area contributed by atoms with E-state index in [1.165, 1.54) is 51.6 Å². The van der Waals surface area contributed by atoms with Crippen LogP contribution >= 0.6 is 0 Å². The second-order valence-corrected chi connectivity index (χ2v) is 5.43. The normalized spacial score (nSPS) is 37.0. The second kappa shape index (κ2) is 5.86. The van der Waals surface area contributed by atoms with E-state index >= 15 is 0 Å². The quantitative estimate of drug-likeness (QED) is 0.771. The maximum absolute atomic E-state index is 5.65. The highest BCUT2D eigenvalue weighted by Crippen LogP contribution is 2.23. The van der Waals surface area contributed by atoms with Crippen LogP contribution in [0.5, 0.6) is 0 Å². The number of piperidine rings is 1. The predicted octanol–water partition coefficient (Wildman–Crippen LogP) is 2.58. The molecule has 1 N–H and O–H groups in total. The van der Waals surface area contributed by atoms with Crippen LogP contribution in [0.2, 0.25) is 0 Å². The third-order valence-electron chi connectivity index (χ3n) is 3.82. The third-order valence-corrected chi connectivity index (χ3v) is 3.82. The van der Waals surface area contributed by atoms with Crippen molar-refractivity contribution in [3.8, 4) is 0 Å². The Kier molecular flexibility index (Phi) is 4.45. The highest BCUT2D eigenvalue weighted by Gasteiger charge is 2.19. The minimum Gasteiger partial charge on any atom is -0.378 e. The molecule has 2 heteroatoms. The van der Waals surface area contributed by atoms with Crippen LogP contribution in [0, 0.1) is 11.8 Å². The van der Waals surface area contributed by atoms with Gasteiger partial charge in [0, 0.05) is 6.61 Å². The lowest BCUT2D eigenvalue weighted by molar-refractivity contribution is 0.0998. The van der Waals surface area contributed by atoms with E-state index in [2.05, 4.69) is 12.2 Å². The van der Waals surface area contributed by atoms with Gasteiger partial charge >= 0.3 is 0 Å². The molecule has 0 spiro atoms. The molecule has 88 valence electrons. The molecular weight excluding hydrogens is 186 g/mol. The summed E-state index contributed by atoms with van der Waals surface area (Å²) in [5.74, 6) is 1.81. The SMILES string of the molecule is CC1CNCC(CCCC2CCCO2)C1. The van der Waals surface area contributed by atoms with E-state index in [-0.39, 0.29) is 0 Å². The molecule has 0 bridgehead atoms. The van der Waals surface area contributed by atoms with Crippen LogP contribution in [-0.4, -0.2) is 25.8 Å². The molecule has 0 aromatic carbocycles. The minimum absolute atomic E-state index is 0.596.